The first-order valence-electron chi connectivity index (χ1n) is 9.42. The van der Waals surface area contributed by atoms with Crippen molar-refractivity contribution in [2.24, 2.45) is 0 Å². The summed E-state index contributed by atoms with van der Waals surface area (Å²) in [4.78, 5) is 37.2. The van der Waals surface area contributed by atoms with Gasteiger partial charge in [-0.15, -0.1) is 0 Å². The van der Waals surface area contributed by atoms with Crippen molar-refractivity contribution in [3.05, 3.63) is 54.1 Å². The number of nitrogens with zero attached hydrogens (tertiary/aromatic N) is 1. The number of halogens is 1. The molecule has 1 saturated heterocycles. The lowest BCUT2D eigenvalue weighted by Gasteiger charge is -2.19. The SMILES string of the molecule is O=C(/C=C/c1ccc(-c2ccccc2F)o1)NNC(=O)CN1CCCCCC1=O. The van der Waals surface area contributed by atoms with Crippen molar-refractivity contribution >= 4 is 23.8 Å². The van der Waals surface area contributed by atoms with Gasteiger partial charge >= 0.3 is 0 Å². The number of benzene rings is 1. The van der Waals surface area contributed by atoms with Crippen molar-refractivity contribution in [3.63, 3.8) is 0 Å². The van der Waals surface area contributed by atoms with Gasteiger partial charge in [-0.1, -0.05) is 18.6 Å². The fourth-order valence-corrected chi connectivity index (χ4v) is 3.00. The Balaban J connectivity index is 1.48. The molecular formula is C21H22FN3O4. The molecule has 0 bridgehead atoms. The van der Waals surface area contributed by atoms with Gasteiger partial charge in [0.15, 0.2) is 0 Å². The number of furan rings is 1. The number of hydrogen-bond donors (Lipinski definition) is 2. The van der Waals surface area contributed by atoms with Crippen molar-refractivity contribution in [2.75, 3.05) is 13.1 Å². The van der Waals surface area contributed by atoms with Gasteiger partial charge in [-0.25, -0.2) is 4.39 Å². The van der Waals surface area contributed by atoms with Crippen LogP contribution in [-0.4, -0.2) is 35.7 Å². The summed E-state index contributed by atoms with van der Waals surface area (Å²) in [5.74, 6) is -0.780. The van der Waals surface area contributed by atoms with Crippen molar-refractivity contribution in [1.82, 2.24) is 15.8 Å². The molecule has 1 aromatic carbocycles. The van der Waals surface area contributed by atoms with E-state index in [-0.39, 0.29) is 12.5 Å². The first-order valence-corrected chi connectivity index (χ1v) is 9.42. The van der Waals surface area contributed by atoms with E-state index in [0.29, 0.717) is 30.0 Å². The molecule has 2 heterocycles. The lowest BCUT2D eigenvalue weighted by atomic mass is 10.1. The molecule has 1 fully saturated rings. The van der Waals surface area contributed by atoms with E-state index >= 15 is 0 Å². The van der Waals surface area contributed by atoms with Crippen molar-refractivity contribution < 1.29 is 23.2 Å². The number of rotatable bonds is 5. The summed E-state index contributed by atoms with van der Waals surface area (Å²) < 4.78 is 19.3. The average molecular weight is 399 g/mol. The molecule has 0 spiro atoms. The normalized spacial score (nSPS) is 14.7. The Kier molecular flexibility index (Phi) is 6.78. The van der Waals surface area contributed by atoms with Crippen molar-refractivity contribution in [2.45, 2.75) is 25.7 Å². The summed E-state index contributed by atoms with van der Waals surface area (Å²) in [6, 6.07) is 9.43. The van der Waals surface area contributed by atoms with Crippen LogP contribution in [0.1, 0.15) is 31.4 Å². The molecule has 0 unspecified atom stereocenters. The third-order valence-corrected chi connectivity index (χ3v) is 4.50. The molecule has 1 aliphatic rings. The monoisotopic (exact) mass is 399 g/mol. The second kappa shape index (κ2) is 9.68. The first-order chi connectivity index (χ1) is 14.0. The smallest absolute Gasteiger partial charge is 0.262 e. The molecule has 29 heavy (non-hydrogen) atoms. The van der Waals surface area contributed by atoms with Gasteiger partial charge in [0.2, 0.25) is 5.91 Å². The van der Waals surface area contributed by atoms with Gasteiger partial charge in [-0.3, -0.25) is 25.2 Å². The number of carbonyl (C=O) groups is 3. The first kappa shape index (κ1) is 20.3. The van der Waals surface area contributed by atoms with E-state index < -0.39 is 17.6 Å². The van der Waals surface area contributed by atoms with Gasteiger partial charge in [-0.2, -0.15) is 0 Å². The van der Waals surface area contributed by atoms with Gasteiger partial charge in [0.25, 0.3) is 11.8 Å². The molecule has 3 amide bonds. The van der Waals surface area contributed by atoms with Crippen LogP contribution >= 0.6 is 0 Å². The maximum absolute atomic E-state index is 13.8. The van der Waals surface area contributed by atoms with Crippen LogP contribution in [0.5, 0.6) is 0 Å². The molecule has 0 saturated carbocycles. The number of likely N-dealkylation sites (tertiary alicyclic amines) is 1. The lowest BCUT2D eigenvalue weighted by molar-refractivity contribution is -0.136. The third kappa shape index (κ3) is 5.78. The van der Waals surface area contributed by atoms with Crippen LogP contribution in [0.4, 0.5) is 4.39 Å². The zero-order valence-electron chi connectivity index (χ0n) is 15.8. The maximum Gasteiger partial charge on any atom is 0.262 e. The fraction of sp³-hybridized carbons (Fsp3) is 0.286. The largest absolute Gasteiger partial charge is 0.457 e. The van der Waals surface area contributed by atoms with E-state index in [4.69, 9.17) is 4.42 Å². The molecule has 2 aromatic rings. The van der Waals surface area contributed by atoms with Gasteiger partial charge < -0.3 is 9.32 Å². The second-order valence-electron chi connectivity index (χ2n) is 6.68. The molecule has 8 heteroatoms. The minimum Gasteiger partial charge on any atom is -0.457 e. The Morgan fingerprint density at radius 1 is 1.10 bits per heavy atom. The zero-order chi connectivity index (χ0) is 20.6. The fourth-order valence-electron chi connectivity index (χ4n) is 3.00. The molecule has 2 N–H and O–H groups in total. The summed E-state index contributed by atoms with van der Waals surface area (Å²) >= 11 is 0. The maximum atomic E-state index is 13.8. The number of hydrazine groups is 1. The van der Waals surface area contributed by atoms with Crippen LogP contribution in [0.3, 0.4) is 0 Å². The number of amides is 3. The van der Waals surface area contributed by atoms with Gasteiger partial charge in [-0.05, 0) is 43.2 Å². The summed E-state index contributed by atoms with van der Waals surface area (Å²) in [5.41, 5.74) is 4.86. The molecule has 7 nitrogen and oxygen atoms in total. The third-order valence-electron chi connectivity index (χ3n) is 4.50. The van der Waals surface area contributed by atoms with Crippen LogP contribution in [0.2, 0.25) is 0 Å². The molecule has 1 aromatic heterocycles. The molecule has 152 valence electrons. The minimum atomic E-state index is -0.565. The topological polar surface area (TPSA) is 91.7 Å². The molecular weight excluding hydrogens is 377 g/mol. The van der Waals surface area contributed by atoms with Gasteiger partial charge in [0, 0.05) is 19.0 Å². The highest BCUT2D eigenvalue weighted by molar-refractivity contribution is 5.93. The Hall–Kier alpha value is -3.42. The highest BCUT2D eigenvalue weighted by Crippen LogP contribution is 2.25. The van der Waals surface area contributed by atoms with Crippen molar-refractivity contribution in [1.29, 1.82) is 0 Å². The van der Waals surface area contributed by atoms with E-state index in [1.165, 1.54) is 23.1 Å². The Bertz CT molecular complexity index is 922. The van der Waals surface area contributed by atoms with Gasteiger partial charge in [0.1, 0.15) is 23.9 Å². The molecule has 0 atom stereocenters. The Morgan fingerprint density at radius 2 is 1.93 bits per heavy atom. The summed E-state index contributed by atoms with van der Waals surface area (Å²) in [6.45, 7) is 0.454. The predicted octanol–water partition coefficient (Wildman–Crippen LogP) is 2.65. The lowest BCUT2D eigenvalue weighted by Crippen LogP contribution is -2.47. The van der Waals surface area contributed by atoms with E-state index in [2.05, 4.69) is 10.9 Å². The minimum absolute atomic E-state index is 0.0488. The van der Waals surface area contributed by atoms with Crippen LogP contribution in [0, 0.1) is 5.82 Å². The highest BCUT2D eigenvalue weighted by atomic mass is 19.1. The highest BCUT2D eigenvalue weighted by Gasteiger charge is 2.19. The van der Waals surface area contributed by atoms with Crippen LogP contribution < -0.4 is 10.9 Å². The van der Waals surface area contributed by atoms with Crippen LogP contribution in [0.25, 0.3) is 17.4 Å². The van der Waals surface area contributed by atoms with E-state index in [9.17, 15) is 18.8 Å². The summed E-state index contributed by atoms with van der Waals surface area (Å²) in [6.07, 6.45) is 5.71. The molecule has 0 radical (unpaired) electrons. The van der Waals surface area contributed by atoms with Gasteiger partial charge in [0.05, 0.1) is 5.56 Å². The number of nitrogens with one attached hydrogen (secondary N) is 2. The Morgan fingerprint density at radius 3 is 2.76 bits per heavy atom. The second-order valence-corrected chi connectivity index (χ2v) is 6.68. The average Bonchev–Trinajstić information content (AvgIpc) is 3.09. The summed E-state index contributed by atoms with van der Waals surface area (Å²) in [7, 11) is 0. The van der Waals surface area contributed by atoms with E-state index in [1.807, 2.05) is 0 Å². The Labute approximate surface area is 167 Å². The van der Waals surface area contributed by atoms with E-state index in [1.54, 1.807) is 30.3 Å². The summed E-state index contributed by atoms with van der Waals surface area (Å²) in [5, 5.41) is 0. The standard InChI is InChI=1S/C21H22FN3O4/c22-17-7-4-3-6-16(17)18-11-9-15(29-18)10-12-19(26)23-24-20(27)14-25-13-5-1-2-8-21(25)28/h3-4,6-7,9-12H,1-2,5,8,13-14H2,(H,23,26)(H,24,27)/b12-10+. The van der Waals surface area contributed by atoms with Crippen LogP contribution in [0.15, 0.2) is 46.9 Å². The van der Waals surface area contributed by atoms with Crippen molar-refractivity contribution in [3.8, 4) is 11.3 Å². The number of hydrogen-bond acceptors (Lipinski definition) is 4. The van der Waals surface area contributed by atoms with E-state index in [0.717, 1.165) is 19.3 Å². The zero-order valence-corrected chi connectivity index (χ0v) is 15.8. The molecule has 0 aliphatic carbocycles. The quantitative estimate of drug-likeness (QED) is 0.597. The molecule has 3 rings (SSSR count). The molecule has 1 aliphatic heterocycles. The number of carbonyl (C=O) groups excluding carboxylic acids is 3. The van der Waals surface area contributed by atoms with Crippen LogP contribution in [-0.2, 0) is 14.4 Å². The predicted molar refractivity (Wildman–Crippen MR) is 104 cm³/mol.